The number of nitrogens with zero attached hydrogens (tertiary/aromatic N) is 1. The normalized spacial score (nSPS) is 15.4. The van der Waals surface area contributed by atoms with Crippen LogP contribution < -0.4 is 10.7 Å². The van der Waals surface area contributed by atoms with E-state index in [1.54, 1.807) is 43.3 Å². The molecule has 0 spiro atoms. The van der Waals surface area contributed by atoms with E-state index in [1.807, 2.05) is 6.92 Å². The maximum absolute atomic E-state index is 12.3. The lowest BCUT2D eigenvalue weighted by Gasteiger charge is -2.17. The lowest BCUT2D eigenvalue weighted by molar-refractivity contribution is -0.151. The van der Waals surface area contributed by atoms with Crippen molar-refractivity contribution in [1.82, 2.24) is 10.4 Å². The van der Waals surface area contributed by atoms with Crippen LogP contribution in [-0.2, 0) is 19.1 Å². The Kier molecular flexibility index (Phi) is 7.52. The predicted molar refractivity (Wildman–Crippen MR) is 122 cm³/mol. The monoisotopic (exact) mass is 521 g/mol. The minimum atomic E-state index is -0.780. The highest BCUT2D eigenvalue weighted by atomic mass is 79.9. The first-order valence-corrected chi connectivity index (χ1v) is 10.9. The molecule has 3 rings (SSSR count). The molecule has 1 saturated heterocycles. The van der Waals surface area contributed by atoms with Gasteiger partial charge < -0.3 is 10.1 Å². The van der Waals surface area contributed by atoms with Gasteiger partial charge in [0.2, 0.25) is 5.91 Å². The van der Waals surface area contributed by atoms with Crippen LogP contribution in [0.4, 0.5) is 5.69 Å². The number of nitrogens with one attached hydrogen (secondary N) is 2. The highest BCUT2D eigenvalue weighted by molar-refractivity contribution is 9.10. The van der Waals surface area contributed by atoms with Gasteiger partial charge in [-0.3, -0.25) is 29.6 Å². The van der Waals surface area contributed by atoms with Crippen molar-refractivity contribution in [3.8, 4) is 0 Å². The minimum absolute atomic E-state index is 0.0294. The lowest BCUT2D eigenvalue weighted by Crippen LogP contribution is -2.43. The molecule has 0 unspecified atom stereocenters. The molecule has 2 aromatic rings. The van der Waals surface area contributed by atoms with Crippen molar-refractivity contribution in [2.24, 2.45) is 5.92 Å². The number of ether oxygens (including phenoxy) is 1. The number of hydrogen-bond donors (Lipinski definition) is 2. The van der Waals surface area contributed by atoms with Gasteiger partial charge in [0, 0.05) is 22.1 Å². The van der Waals surface area contributed by atoms with Crippen molar-refractivity contribution in [2.75, 3.05) is 18.5 Å². The summed E-state index contributed by atoms with van der Waals surface area (Å²) in [6, 6.07) is 10.2. The Morgan fingerprint density at radius 1 is 1.19 bits per heavy atom. The number of amides is 3. The van der Waals surface area contributed by atoms with Gasteiger partial charge in [-0.25, -0.2) is 0 Å². The van der Waals surface area contributed by atoms with Gasteiger partial charge in [0.05, 0.1) is 17.5 Å². The number of hydrazine groups is 1. The number of aryl methyl sites for hydroxylation is 2. The third-order valence-corrected chi connectivity index (χ3v) is 6.09. The maximum Gasteiger partial charge on any atom is 0.311 e. The zero-order valence-corrected chi connectivity index (χ0v) is 19.7. The number of benzene rings is 2. The summed E-state index contributed by atoms with van der Waals surface area (Å²) >= 11 is 9.34. The third kappa shape index (κ3) is 5.86. The van der Waals surface area contributed by atoms with Crippen LogP contribution >= 0.6 is 27.5 Å². The second-order valence-corrected chi connectivity index (χ2v) is 8.71. The highest BCUT2D eigenvalue weighted by Crippen LogP contribution is 2.29. The quantitative estimate of drug-likeness (QED) is 0.566. The summed E-state index contributed by atoms with van der Waals surface area (Å²) in [5.41, 5.74) is 5.19. The largest absolute Gasteiger partial charge is 0.455 e. The Hall–Kier alpha value is -2.91. The van der Waals surface area contributed by atoms with Crippen LogP contribution in [0.25, 0.3) is 0 Å². The molecule has 2 aromatic carbocycles. The van der Waals surface area contributed by atoms with Gasteiger partial charge >= 0.3 is 5.97 Å². The van der Waals surface area contributed by atoms with Crippen LogP contribution in [0.2, 0.25) is 5.02 Å². The van der Waals surface area contributed by atoms with Crippen LogP contribution in [0, 0.1) is 19.8 Å². The van der Waals surface area contributed by atoms with Crippen molar-refractivity contribution in [1.29, 1.82) is 0 Å². The molecule has 168 valence electrons. The second kappa shape index (κ2) is 10.1. The molecule has 0 aromatic heterocycles. The van der Waals surface area contributed by atoms with Gasteiger partial charge in [-0.15, -0.1) is 0 Å². The van der Waals surface area contributed by atoms with Crippen LogP contribution in [-0.4, -0.2) is 41.9 Å². The Morgan fingerprint density at radius 2 is 1.88 bits per heavy atom. The van der Waals surface area contributed by atoms with E-state index in [0.29, 0.717) is 20.7 Å². The Balaban J connectivity index is 1.50. The van der Waals surface area contributed by atoms with Crippen LogP contribution in [0.3, 0.4) is 0 Å². The SMILES string of the molecule is Cc1ccc(C(=O)NN2C[C@@H](C(=O)OCC(=O)Nc3cc(Cl)c(Br)cc3C)CC2=O)cc1. The molecule has 0 aliphatic carbocycles. The molecule has 0 saturated carbocycles. The Labute approximate surface area is 198 Å². The molecule has 1 heterocycles. The van der Waals surface area contributed by atoms with E-state index < -0.39 is 36.2 Å². The summed E-state index contributed by atoms with van der Waals surface area (Å²) in [6.07, 6.45) is -0.115. The van der Waals surface area contributed by atoms with Crippen molar-refractivity contribution < 1.29 is 23.9 Å². The third-order valence-electron chi connectivity index (χ3n) is 4.90. The van der Waals surface area contributed by atoms with Gasteiger partial charge in [0.15, 0.2) is 6.61 Å². The van der Waals surface area contributed by atoms with Gasteiger partial charge in [0.1, 0.15) is 0 Å². The average Bonchev–Trinajstić information content (AvgIpc) is 3.11. The van der Waals surface area contributed by atoms with Crippen LogP contribution in [0.15, 0.2) is 40.9 Å². The molecular weight excluding hydrogens is 502 g/mol. The summed E-state index contributed by atoms with van der Waals surface area (Å²) in [5, 5.41) is 4.16. The van der Waals surface area contributed by atoms with Crippen molar-refractivity contribution in [3.63, 3.8) is 0 Å². The number of esters is 1. The number of carbonyl (C=O) groups excluding carboxylic acids is 4. The van der Waals surface area contributed by atoms with Crippen LogP contribution in [0.5, 0.6) is 0 Å². The number of anilines is 1. The van der Waals surface area contributed by atoms with Gasteiger partial charge in [-0.1, -0.05) is 29.3 Å². The van der Waals surface area contributed by atoms with Crippen molar-refractivity contribution >= 4 is 56.9 Å². The molecule has 1 aliphatic rings. The fourth-order valence-corrected chi connectivity index (χ4v) is 3.71. The molecule has 1 atom stereocenters. The Morgan fingerprint density at radius 3 is 2.56 bits per heavy atom. The topological polar surface area (TPSA) is 105 Å². The van der Waals surface area contributed by atoms with E-state index in [4.69, 9.17) is 16.3 Å². The first-order valence-electron chi connectivity index (χ1n) is 9.74. The predicted octanol–water partition coefficient (Wildman–Crippen LogP) is 3.39. The van der Waals surface area contributed by atoms with E-state index >= 15 is 0 Å². The van der Waals surface area contributed by atoms with E-state index in [9.17, 15) is 19.2 Å². The number of hydrogen-bond acceptors (Lipinski definition) is 5. The lowest BCUT2D eigenvalue weighted by atomic mass is 10.1. The fraction of sp³-hybridized carbons (Fsp3) is 0.273. The molecule has 8 nitrogen and oxygen atoms in total. The zero-order chi connectivity index (χ0) is 23.4. The van der Waals surface area contributed by atoms with Crippen LogP contribution in [0.1, 0.15) is 27.9 Å². The summed E-state index contributed by atoms with van der Waals surface area (Å²) in [4.78, 5) is 49.0. The number of carbonyl (C=O) groups is 4. The molecular formula is C22H21BrClN3O5. The molecule has 1 aliphatic heterocycles. The summed E-state index contributed by atoms with van der Waals surface area (Å²) in [5.74, 6) is -2.86. The van der Waals surface area contributed by atoms with E-state index in [2.05, 4.69) is 26.7 Å². The highest BCUT2D eigenvalue weighted by Gasteiger charge is 2.36. The standard InChI is InChI=1S/C22H21BrClN3O5/c1-12-3-5-14(6-4-12)21(30)26-27-10-15(8-20(27)29)22(31)32-11-19(28)25-18-9-17(24)16(23)7-13(18)2/h3-7,9,15H,8,10-11H2,1-2H3,(H,25,28)(H,26,30)/t15-/m0/s1. The summed E-state index contributed by atoms with van der Waals surface area (Å²) < 4.78 is 5.77. The number of rotatable bonds is 6. The first-order chi connectivity index (χ1) is 15.1. The smallest absolute Gasteiger partial charge is 0.311 e. The minimum Gasteiger partial charge on any atom is -0.455 e. The molecule has 2 N–H and O–H groups in total. The molecule has 0 bridgehead atoms. The fourth-order valence-electron chi connectivity index (χ4n) is 3.09. The van der Waals surface area contributed by atoms with Crippen molar-refractivity contribution in [3.05, 3.63) is 62.6 Å². The van der Waals surface area contributed by atoms with Gasteiger partial charge in [-0.05, 0) is 59.6 Å². The van der Waals surface area contributed by atoms with Gasteiger partial charge in [0.25, 0.3) is 11.8 Å². The van der Waals surface area contributed by atoms with Crippen molar-refractivity contribution in [2.45, 2.75) is 20.3 Å². The van der Waals surface area contributed by atoms with Gasteiger partial charge in [-0.2, -0.15) is 0 Å². The Bertz CT molecular complexity index is 1070. The average molecular weight is 523 g/mol. The summed E-state index contributed by atoms with van der Waals surface area (Å²) in [6.45, 7) is 3.16. The van der Waals surface area contributed by atoms with E-state index in [-0.39, 0.29) is 13.0 Å². The zero-order valence-electron chi connectivity index (χ0n) is 17.4. The molecule has 1 fully saturated rings. The molecule has 32 heavy (non-hydrogen) atoms. The van der Waals surface area contributed by atoms with E-state index in [1.165, 1.54) is 0 Å². The maximum atomic E-state index is 12.3. The molecule has 3 amide bonds. The molecule has 0 radical (unpaired) electrons. The molecule has 10 heteroatoms. The van der Waals surface area contributed by atoms with E-state index in [0.717, 1.165) is 16.1 Å². The second-order valence-electron chi connectivity index (χ2n) is 7.45. The first kappa shape index (κ1) is 23.7. The summed E-state index contributed by atoms with van der Waals surface area (Å²) in [7, 11) is 0. The number of halogens is 2.